The van der Waals surface area contributed by atoms with Gasteiger partial charge in [-0.25, -0.2) is 0 Å². The Morgan fingerprint density at radius 2 is 1.11 bits per heavy atom. The third-order valence-corrected chi connectivity index (χ3v) is 5.23. The Hall–Kier alpha value is -3.21. The zero-order chi connectivity index (χ0) is 19.5. The number of ketones is 1. The van der Waals surface area contributed by atoms with Crippen molar-refractivity contribution in [2.24, 2.45) is 0 Å². The Balaban J connectivity index is 1.47. The Bertz CT molecular complexity index is 812. The number of nitrogens with zero attached hydrogens (tertiary/aromatic N) is 4. The van der Waals surface area contributed by atoms with Gasteiger partial charge in [-0.15, -0.1) is 0 Å². The van der Waals surface area contributed by atoms with Crippen LogP contribution in [0.5, 0.6) is 0 Å². The van der Waals surface area contributed by atoms with Gasteiger partial charge in [0, 0.05) is 36.6 Å². The molecule has 0 N–H and O–H groups in total. The molecule has 28 heavy (non-hydrogen) atoms. The molecule has 0 bridgehead atoms. The highest BCUT2D eigenvalue weighted by atomic mass is 16.1. The van der Waals surface area contributed by atoms with Gasteiger partial charge in [0.15, 0.2) is 5.78 Å². The van der Waals surface area contributed by atoms with E-state index in [-0.39, 0.29) is 5.78 Å². The van der Waals surface area contributed by atoms with Gasteiger partial charge < -0.3 is 0 Å². The van der Waals surface area contributed by atoms with Gasteiger partial charge in [-0.1, -0.05) is 0 Å². The first-order valence-corrected chi connectivity index (χ1v) is 9.87. The molecule has 2 aliphatic rings. The summed E-state index contributed by atoms with van der Waals surface area (Å²) in [6.45, 7) is 7.83. The summed E-state index contributed by atoms with van der Waals surface area (Å²) in [6, 6.07) is 15.8. The second-order valence-corrected chi connectivity index (χ2v) is 6.87. The van der Waals surface area contributed by atoms with E-state index in [9.17, 15) is 4.79 Å². The van der Waals surface area contributed by atoms with Crippen LogP contribution in [0.15, 0.2) is 73.1 Å². The van der Waals surface area contributed by atoms with Crippen molar-refractivity contribution in [3.63, 3.8) is 0 Å². The van der Waals surface area contributed by atoms with Crippen molar-refractivity contribution in [2.45, 2.75) is 13.8 Å². The van der Waals surface area contributed by atoms with E-state index in [1.54, 1.807) is 0 Å². The molecule has 0 aliphatic carbocycles. The summed E-state index contributed by atoms with van der Waals surface area (Å²) in [4.78, 5) is 12.9. The van der Waals surface area contributed by atoms with E-state index in [0.29, 0.717) is 11.1 Å². The first-order valence-electron chi connectivity index (χ1n) is 9.87. The second-order valence-electron chi connectivity index (χ2n) is 6.87. The number of hydrazine groups is 2. The van der Waals surface area contributed by atoms with Crippen molar-refractivity contribution in [2.75, 3.05) is 36.2 Å². The van der Waals surface area contributed by atoms with Crippen molar-refractivity contribution in [1.29, 1.82) is 0 Å². The maximum Gasteiger partial charge on any atom is 0.193 e. The summed E-state index contributed by atoms with van der Waals surface area (Å²) in [5, 5.41) is 8.74. The summed E-state index contributed by atoms with van der Waals surface area (Å²) in [7, 11) is 0. The van der Waals surface area contributed by atoms with E-state index in [1.165, 1.54) is 0 Å². The van der Waals surface area contributed by atoms with Crippen LogP contribution in [0.25, 0.3) is 0 Å². The third kappa shape index (κ3) is 3.36. The highest BCUT2D eigenvalue weighted by molar-refractivity contribution is 6.09. The smallest absolute Gasteiger partial charge is 0.193 e. The van der Waals surface area contributed by atoms with Gasteiger partial charge in [0.05, 0.1) is 24.5 Å². The molecule has 5 heteroatoms. The lowest BCUT2D eigenvalue weighted by atomic mass is 10.0. The van der Waals surface area contributed by atoms with Gasteiger partial charge in [-0.2, -0.15) is 0 Å². The van der Waals surface area contributed by atoms with E-state index < -0.39 is 0 Å². The van der Waals surface area contributed by atoms with Gasteiger partial charge in [-0.05, 0) is 74.5 Å². The lowest BCUT2D eigenvalue weighted by Crippen LogP contribution is -2.34. The van der Waals surface area contributed by atoms with Crippen molar-refractivity contribution < 1.29 is 4.79 Å². The van der Waals surface area contributed by atoms with Crippen molar-refractivity contribution in [3.8, 4) is 0 Å². The largest absolute Gasteiger partial charge is 0.293 e. The molecule has 0 radical (unpaired) electrons. The number of hydrogen-bond acceptors (Lipinski definition) is 5. The van der Waals surface area contributed by atoms with Crippen molar-refractivity contribution >= 4 is 17.2 Å². The minimum Gasteiger partial charge on any atom is -0.293 e. The molecule has 0 unspecified atom stereocenters. The summed E-state index contributed by atoms with van der Waals surface area (Å²) >= 11 is 0. The van der Waals surface area contributed by atoms with E-state index in [0.717, 1.165) is 37.6 Å². The molecule has 2 heterocycles. The van der Waals surface area contributed by atoms with E-state index in [2.05, 4.69) is 58.4 Å². The first kappa shape index (κ1) is 18.2. The van der Waals surface area contributed by atoms with Gasteiger partial charge in [-0.3, -0.25) is 24.8 Å². The molecule has 0 saturated carbocycles. The number of rotatable bonds is 6. The molecule has 0 amide bonds. The SMILES string of the molecule is CCN1C=CCN1c1ccc(C(=O)c2ccc(N3CC=CN3CC)cc2)cc1. The quantitative estimate of drug-likeness (QED) is 0.712. The van der Waals surface area contributed by atoms with Gasteiger partial charge in [0.1, 0.15) is 0 Å². The zero-order valence-electron chi connectivity index (χ0n) is 16.5. The van der Waals surface area contributed by atoms with Crippen LogP contribution >= 0.6 is 0 Å². The standard InChI is InChI=1S/C23H26N4O/c1-3-24-15-5-17-26(24)21-11-7-19(8-12-21)23(28)20-9-13-22(14-10-20)27-18-6-16-25(27)4-2/h5-16H,3-4,17-18H2,1-2H3. The third-order valence-electron chi connectivity index (χ3n) is 5.23. The van der Waals surface area contributed by atoms with Crippen LogP contribution in [0.4, 0.5) is 11.4 Å². The Morgan fingerprint density at radius 3 is 1.46 bits per heavy atom. The Labute approximate surface area is 166 Å². The number of benzene rings is 2. The zero-order valence-corrected chi connectivity index (χ0v) is 16.5. The Morgan fingerprint density at radius 1 is 0.714 bits per heavy atom. The normalized spacial score (nSPS) is 15.8. The molecule has 0 saturated heterocycles. The highest BCUT2D eigenvalue weighted by Crippen LogP contribution is 2.24. The van der Waals surface area contributed by atoms with Crippen LogP contribution in [-0.4, -0.2) is 42.0 Å². The molecular weight excluding hydrogens is 348 g/mol. The maximum atomic E-state index is 12.9. The molecule has 0 aromatic heterocycles. The lowest BCUT2D eigenvalue weighted by molar-refractivity contribution is 0.103. The number of carbonyl (C=O) groups excluding carboxylic acids is 1. The average Bonchev–Trinajstić information content (AvgIpc) is 3.42. The number of anilines is 2. The van der Waals surface area contributed by atoms with Gasteiger partial charge in [0.25, 0.3) is 0 Å². The predicted octanol–water partition coefficient (Wildman–Crippen LogP) is 4.06. The average molecular weight is 374 g/mol. The van der Waals surface area contributed by atoms with E-state index >= 15 is 0 Å². The van der Waals surface area contributed by atoms with E-state index in [4.69, 9.17) is 0 Å². The molecule has 2 aromatic rings. The molecule has 2 aliphatic heterocycles. The van der Waals surface area contributed by atoms with Crippen LogP contribution in [0.1, 0.15) is 29.8 Å². The maximum absolute atomic E-state index is 12.9. The lowest BCUT2D eigenvalue weighted by Gasteiger charge is -2.30. The van der Waals surface area contributed by atoms with Gasteiger partial charge in [0.2, 0.25) is 0 Å². The summed E-state index contributed by atoms with van der Waals surface area (Å²) in [5.41, 5.74) is 3.62. The molecule has 0 atom stereocenters. The first-order chi connectivity index (χ1) is 13.7. The van der Waals surface area contributed by atoms with Crippen molar-refractivity contribution in [3.05, 3.63) is 84.2 Å². The summed E-state index contributed by atoms with van der Waals surface area (Å²) in [6.07, 6.45) is 8.46. The van der Waals surface area contributed by atoms with E-state index in [1.807, 2.05) is 48.5 Å². The fourth-order valence-corrected chi connectivity index (χ4v) is 3.70. The fraction of sp³-hybridized carbons (Fsp3) is 0.261. The summed E-state index contributed by atoms with van der Waals surface area (Å²) in [5.74, 6) is 0.0527. The van der Waals surface area contributed by atoms with Crippen molar-refractivity contribution in [1.82, 2.24) is 10.0 Å². The molecule has 0 fully saturated rings. The predicted molar refractivity (Wildman–Crippen MR) is 114 cm³/mol. The minimum atomic E-state index is 0.0527. The topological polar surface area (TPSA) is 30.0 Å². The van der Waals surface area contributed by atoms with Crippen LogP contribution in [-0.2, 0) is 0 Å². The van der Waals surface area contributed by atoms with Crippen LogP contribution in [0.3, 0.4) is 0 Å². The minimum absolute atomic E-state index is 0.0527. The second kappa shape index (κ2) is 7.80. The molecular formula is C23H26N4O. The van der Waals surface area contributed by atoms with Crippen LogP contribution in [0, 0.1) is 0 Å². The number of hydrogen-bond donors (Lipinski definition) is 0. The molecule has 5 nitrogen and oxygen atoms in total. The Kier molecular flexibility index (Phi) is 5.06. The van der Waals surface area contributed by atoms with Gasteiger partial charge >= 0.3 is 0 Å². The summed E-state index contributed by atoms with van der Waals surface area (Å²) < 4.78 is 0. The molecule has 0 spiro atoms. The van der Waals surface area contributed by atoms with Crippen LogP contribution < -0.4 is 10.0 Å². The monoisotopic (exact) mass is 374 g/mol. The molecule has 4 rings (SSSR count). The van der Waals surface area contributed by atoms with Crippen LogP contribution in [0.2, 0.25) is 0 Å². The highest BCUT2D eigenvalue weighted by Gasteiger charge is 2.18. The fourth-order valence-electron chi connectivity index (χ4n) is 3.70. The number of carbonyl (C=O) groups is 1. The molecule has 2 aromatic carbocycles. The molecule has 144 valence electrons.